The highest BCUT2D eigenvalue weighted by atomic mass is 32.2. The molecule has 0 saturated carbocycles. The van der Waals surface area contributed by atoms with Gasteiger partial charge < -0.3 is 5.11 Å². The van der Waals surface area contributed by atoms with Crippen LogP contribution in [0, 0.1) is 11.3 Å². The third kappa shape index (κ3) is 9.28. The summed E-state index contributed by atoms with van der Waals surface area (Å²) in [4.78, 5) is 10.7. The van der Waals surface area contributed by atoms with E-state index in [1.165, 1.54) is 0 Å². The number of carboxylic acid groups (broad SMARTS) is 1. The van der Waals surface area contributed by atoms with E-state index >= 15 is 0 Å². The minimum absolute atomic E-state index is 0.0439. The van der Waals surface area contributed by atoms with Gasteiger partial charge in [0.2, 0.25) is 0 Å². The summed E-state index contributed by atoms with van der Waals surface area (Å²) < 4.78 is 28.1. The van der Waals surface area contributed by atoms with Gasteiger partial charge in [-0.05, 0) is 30.6 Å². The molecule has 1 unspecified atom stereocenters. The first-order valence-corrected chi connectivity index (χ1v) is 8.53. The predicted molar refractivity (Wildman–Crippen MR) is 79.6 cm³/mol. The Hall–Kier alpha value is -0.660. The number of carboxylic acids is 1. The first-order valence-electron chi connectivity index (χ1n) is 7.04. The Morgan fingerprint density at radius 3 is 2.15 bits per heavy atom. The summed E-state index contributed by atoms with van der Waals surface area (Å²) in [5.74, 6) is -0.656. The largest absolute Gasteiger partial charge is 0.481 e. The highest BCUT2D eigenvalue weighted by Gasteiger charge is 2.25. The maximum absolute atomic E-state index is 11.6. The van der Waals surface area contributed by atoms with E-state index in [0.717, 1.165) is 6.42 Å². The average molecular weight is 308 g/mol. The fraction of sp³-hybridized carbons (Fsp3) is 0.923. The van der Waals surface area contributed by atoms with Crippen molar-refractivity contribution in [2.45, 2.75) is 53.4 Å². The van der Waals surface area contributed by atoms with Crippen LogP contribution < -0.4 is 9.44 Å². The molecule has 0 amide bonds. The van der Waals surface area contributed by atoms with Crippen LogP contribution in [-0.2, 0) is 15.0 Å². The van der Waals surface area contributed by atoms with Gasteiger partial charge in [-0.3, -0.25) is 4.79 Å². The molecule has 0 aliphatic rings. The number of hydrogen-bond donors (Lipinski definition) is 3. The van der Waals surface area contributed by atoms with Gasteiger partial charge in [-0.2, -0.15) is 8.42 Å². The van der Waals surface area contributed by atoms with Crippen molar-refractivity contribution in [3.63, 3.8) is 0 Å². The molecular formula is C13H28N2O4S. The van der Waals surface area contributed by atoms with Gasteiger partial charge in [0.1, 0.15) is 0 Å². The summed E-state index contributed by atoms with van der Waals surface area (Å²) in [6.45, 7) is 8.76. The van der Waals surface area contributed by atoms with E-state index in [-0.39, 0.29) is 17.8 Å². The molecule has 0 aliphatic carbocycles. The van der Waals surface area contributed by atoms with Crippen LogP contribution in [0.15, 0.2) is 0 Å². The van der Waals surface area contributed by atoms with Gasteiger partial charge in [0, 0.05) is 19.5 Å². The Morgan fingerprint density at radius 1 is 1.15 bits per heavy atom. The minimum atomic E-state index is -3.43. The maximum Gasteiger partial charge on any atom is 0.303 e. The fourth-order valence-electron chi connectivity index (χ4n) is 1.96. The van der Waals surface area contributed by atoms with Gasteiger partial charge in [0.05, 0.1) is 0 Å². The zero-order valence-corrected chi connectivity index (χ0v) is 13.7. The standard InChI is InChI=1S/C13H28N2O4S/c1-5-9-14-20(18,19)15-10-8-11(13(2,3)4)6-7-12(16)17/h11,14-15H,5-10H2,1-4H3,(H,16,17). The highest BCUT2D eigenvalue weighted by Crippen LogP contribution is 2.32. The molecule has 0 aromatic heterocycles. The lowest BCUT2D eigenvalue weighted by atomic mass is 9.76. The SMILES string of the molecule is CCCNS(=O)(=O)NCCC(CCC(=O)O)C(C)(C)C. The van der Waals surface area contributed by atoms with E-state index in [0.29, 0.717) is 25.9 Å². The van der Waals surface area contributed by atoms with Crippen molar-refractivity contribution in [3.8, 4) is 0 Å². The topological polar surface area (TPSA) is 95.5 Å². The van der Waals surface area contributed by atoms with E-state index < -0.39 is 16.2 Å². The van der Waals surface area contributed by atoms with Crippen LogP contribution in [0.3, 0.4) is 0 Å². The van der Waals surface area contributed by atoms with Crippen molar-refractivity contribution >= 4 is 16.2 Å². The Labute approximate surface area is 122 Å². The van der Waals surface area contributed by atoms with Crippen LogP contribution >= 0.6 is 0 Å². The molecule has 0 radical (unpaired) electrons. The van der Waals surface area contributed by atoms with Crippen molar-refractivity contribution in [2.75, 3.05) is 13.1 Å². The summed E-state index contributed by atoms with van der Waals surface area (Å²) in [5.41, 5.74) is -0.0439. The summed E-state index contributed by atoms with van der Waals surface area (Å²) in [6.07, 6.45) is 2.04. The molecule has 0 bridgehead atoms. The molecule has 1 atom stereocenters. The van der Waals surface area contributed by atoms with E-state index in [4.69, 9.17) is 5.11 Å². The van der Waals surface area contributed by atoms with Crippen molar-refractivity contribution in [3.05, 3.63) is 0 Å². The van der Waals surface area contributed by atoms with Gasteiger partial charge in [-0.15, -0.1) is 0 Å². The Kier molecular flexibility index (Phi) is 8.30. The van der Waals surface area contributed by atoms with Gasteiger partial charge >= 0.3 is 5.97 Å². The van der Waals surface area contributed by atoms with E-state index in [9.17, 15) is 13.2 Å². The lowest BCUT2D eigenvalue weighted by molar-refractivity contribution is -0.137. The molecule has 0 fully saturated rings. The summed E-state index contributed by atoms with van der Waals surface area (Å²) in [6, 6.07) is 0. The molecular weight excluding hydrogens is 280 g/mol. The average Bonchev–Trinajstić information content (AvgIpc) is 2.29. The molecule has 0 rings (SSSR count). The summed E-state index contributed by atoms with van der Waals surface area (Å²) >= 11 is 0. The van der Waals surface area contributed by atoms with Crippen LogP contribution in [0.2, 0.25) is 0 Å². The third-order valence-electron chi connectivity index (χ3n) is 3.26. The fourth-order valence-corrected chi connectivity index (χ4v) is 2.92. The normalized spacial score (nSPS) is 14.2. The first-order chi connectivity index (χ1) is 9.08. The molecule has 0 aromatic carbocycles. The lowest BCUT2D eigenvalue weighted by Gasteiger charge is -2.30. The van der Waals surface area contributed by atoms with Crippen LogP contribution in [0.5, 0.6) is 0 Å². The van der Waals surface area contributed by atoms with E-state index in [2.05, 4.69) is 9.44 Å². The quantitative estimate of drug-likeness (QED) is 0.573. The van der Waals surface area contributed by atoms with Gasteiger partial charge in [-0.1, -0.05) is 27.7 Å². The summed E-state index contributed by atoms with van der Waals surface area (Å²) in [7, 11) is -3.43. The van der Waals surface area contributed by atoms with Crippen molar-refractivity contribution < 1.29 is 18.3 Å². The molecule has 0 aliphatic heterocycles. The number of carbonyl (C=O) groups is 1. The number of hydrogen-bond acceptors (Lipinski definition) is 3. The smallest absolute Gasteiger partial charge is 0.303 e. The van der Waals surface area contributed by atoms with Crippen LogP contribution in [0.1, 0.15) is 53.4 Å². The second-order valence-electron chi connectivity index (χ2n) is 6.08. The highest BCUT2D eigenvalue weighted by molar-refractivity contribution is 7.87. The zero-order chi connectivity index (χ0) is 15.8. The Balaban J connectivity index is 4.30. The number of nitrogens with one attached hydrogen (secondary N) is 2. The molecule has 0 spiro atoms. The summed E-state index contributed by atoms with van der Waals surface area (Å²) in [5, 5.41) is 8.76. The second kappa shape index (κ2) is 8.59. The predicted octanol–water partition coefficient (Wildman–Crippen LogP) is 1.74. The molecule has 3 N–H and O–H groups in total. The Morgan fingerprint density at radius 2 is 1.70 bits per heavy atom. The zero-order valence-electron chi connectivity index (χ0n) is 12.9. The molecule has 120 valence electrons. The number of rotatable bonds is 10. The van der Waals surface area contributed by atoms with Gasteiger partial charge in [0.25, 0.3) is 10.2 Å². The molecule has 6 nitrogen and oxygen atoms in total. The molecule has 7 heteroatoms. The Bertz CT molecular complexity index is 388. The first kappa shape index (κ1) is 19.3. The van der Waals surface area contributed by atoms with Crippen LogP contribution in [0.25, 0.3) is 0 Å². The molecule has 0 heterocycles. The van der Waals surface area contributed by atoms with Crippen LogP contribution in [-0.4, -0.2) is 32.6 Å². The molecule has 20 heavy (non-hydrogen) atoms. The molecule has 0 aromatic rings. The van der Waals surface area contributed by atoms with Gasteiger partial charge in [0.15, 0.2) is 0 Å². The van der Waals surface area contributed by atoms with Crippen molar-refractivity contribution in [1.82, 2.24) is 9.44 Å². The third-order valence-corrected chi connectivity index (χ3v) is 4.43. The lowest BCUT2D eigenvalue weighted by Crippen LogP contribution is -2.38. The van der Waals surface area contributed by atoms with Crippen molar-refractivity contribution in [2.24, 2.45) is 11.3 Å². The minimum Gasteiger partial charge on any atom is -0.481 e. The monoisotopic (exact) mass is 308 g/mol. The maximum atomic E-state index is 11.6. The number of aliphatic carboxylic acids is 1. The van der Waals surface area contributed by atoms with E-state index in [1.54, 1.807) is 0 Å². The molecule has 0 saturated heterocycles. The van der Waals surface area contributed by atoms with E-state index in [1.807, 2.05) is 27.7 Å². The van der Waals surface area contributed by atoms with Gasteiger partial charge in [-0.25, -0.2) is 9.44 Å². The second-order valence-corrected chi connectivity index (χ2v) is 7.66. The van der Waals surface area contributed by atoms with Crippen LogP contribution in [0.4, 0.5) is 0 Å². The van der Waals surface area contributed by atoms with Crippen molar-refractivity contribution in [1.29, 1.82) is 0 Å².